The van der Waals surface area contributed by atoms with Crippen LogP contribution in [0.3, 0.4) is 0 Å². The number of hydrogen-bond donors (Lipinski definition) is 2. The minimum Gasteiger partial charge on any atom is -0.326 e. The van der Waals surface area contributed by atoms with Gasteiger partial charge >= 0.3 is 0 Å². The number of rotatable bonds is 3. The molecule has 0 atom stereocenters. The predicted octanol–water partition coefficient (Wildman–Crippen LogP) is 1.21. The zero-order valence-corrected chi connectivity index (χ0v) is 8.76. The van der Waals surface area contributed by atoms with Crippen LogP contribution in [0.2, 0.25) is 0 Å². The topological polar surface area (TPSA) is 67.6 Å². The Hall–Kier alpha value is -0.900. The third-order valence-corrected chi connectivity index (χ3v) is 2.01. The third kappa shape index (κ3) is 2.81. The van der Waals surface area contributed by atoms with Crippen LogP contribution in [0.15, 0.2) is 6.20 Å². The van der Waals surface area contributed by atoms with Crippen LogP contribution < -0.4 is 5.73 Å². The second-order valence-corrected chi connectivity index (χ2v) is 4.90. The van der Waals surface area contributed by atoms with Crippen LogP contribution in [0.5, 0.6) is 0 Å². The number of nitrogens with one attached hydrogen (secondary N) is 1. The highest BCUT2D eigenvalue weighted by atomic mass is 15.3. The Morgan fingerprint density at radius 1 is 1.38 bits per heavy atom. The van der Waals surface area contributed by atoms with Crippen LogP contribution in [-0.2, 0) is 5.41 Å². The molecule has 0 fully saturated rings. The first-order chi connectivity index (χ1) is 5.81. The van der Waals surface area contributed by atoms with Gasteiger partial charge in [0.05, 0.1) is 11.9 Å². The molecule has 0 aliphatic carbocycles. The Kier molecular flexibility index (Phi) is 2.43. The van der Waals surface area contributed by atoms with Gasteiger partial charge in [-0.25, -0.2) is 0 Å². The molecule has 1 rings (SSSR count). The summed E-state index contributed by atoms with van der Waals surface area (Å²) in [5, 5.41) is 10.5. The summed E-state index contributed by atoms with van der Waals surface area (Å²) in [6, 6.07) is 0. The summed E-state index contributed by atoms with van der Waals surface area (Å²) in [5.41, 5.74) is 6.73. The van der Waals surface area contributed by atoms with Crippen molar-refractivity contribution in [2.24, 2.45) is 5.73 Å². The largest absolute Gasteiger partial charge is 0.326 e. The Labute approximate surface area is 78.9 Å². The molecule has 0 saturated carbocycles. The summed E-state index contributed by atoms with van der Waals surface area (Å²) in [7, 11) is 0. The molecule has 0 unspecified atom stereocenters. The average Bonchev–Trinajstić information content (AvgIpc) is 2.29. The number of nitrogens with zero attached hydrogens (tertiary/aromatic N) is 2. The third-order valence-electron chi connectivity index (χ3n) is 2.01. The van der Waals surface area contributed by atoms with Gasteiger partial charge in [-0.1, -0.05) is 13.8 Å². The maximum Gasteiger partial charge on any atom is 0.0881 e. The van der Waals surface area contributed by atoms with Crippen molar-refractivity contribution >= 4 is 0 Å². The highest BCUT2D eigenvalue weighted by molar-refractivity contribution is 5.09. The smallest absolute Gasteiger partial charge is 0.0881 e. The molecular weight excluding hydrogens is 164 g/mol. The van der Waals surface area contributed by atoms with Gasteiger partial charge in [0, 0.05) is 11.0 Å². The first-order valence-corrected chi connectivity index (χ1v) is 4.46. The monoisotopic (exact) mass is 182 g/mol. The SMILES string of the molecule is CC(C)(N)CC(C)(C)c1cn[nH]n1. The zero-order valence-electron chi connectivity index (χ0n) is 8.76. The second-order valence-electron chi connectivity index (χ2n) is 4.90. The molecule has 1 aromatic heterocycles. The van der Waals surface area contributed by atoms with E-state index >= 15 is 0 Å². The van der Waals surface area contributed by atoms with Gasteiger partial charge in [-0.15, -0.1) is 0 Å². The number of aromatic nitrogens is 3. The van der Waals surface area contributed by atoms with E-state index in [-0.39, 0.29) is 11.0 Å². The van der Waals surface area contributed by atoms with E-state index in [4.69, 9.17) is 5.73 Å². The number of nitrogens with two attached hydrogens (primary N) is 1. The quantitative estimate of drug-likeness (QED) is 0.738. The van der Waals surface area contributed by atoms with Crippen molar-refractivity contribution in [1.82, 2.24) is 15.4 Å². The van der Waals surface area contributed by atoms with Crippen LogP contribution in [0.1, 0.15) is 39.8 Å². The molecule has 13 heavy (non-hydrogen) atoms. The lowest BCUT2D eigenvalue weighted by Gasteiger charge is -2.30. The predicted molar refractivity (Wildman–Crippen MR) is 52.3 cm³/mol. The number of hydrogen-bond acceptors (Lipinski definition) is 3. The summed E-state index contributed by atoms with van der Waals surface area (Å²) < 4.78 is 0. The molecule has 0 aliphatic rings. The van der Waals surface area contributed by atoms with E-state index in [0.29, 0.717) is 0 Å². The molecular formula is C9H18N4. The van der Waals surface area contributed by atoms with Crippen LogP contribution >= 0.6 is 0 Å². The molecule has 0 saturated heterocycles. The molecule has 0 bridgehead atoms. The van der Waals surface area contributed by atoms with E-state index in [1.807, 2.05) is 13.8 Å². The average molecular weight is 182 g/mol. The Morgan fingerprint density at radius 2 is 2.00 bits per heavy atom. The fraction of sp³-hybridized carbons (Fsp3) is 0.778. The molecule has 74 valence electrons. The van der Waals surface area contributed by atoms with Crippen molar-refractivity contribution in [1.29, 1.82) is 0 Å². The van der Waals surface area contributed by atoms with Crippen molar-refractivity contribution in [3.63, 3.8) is 0 Å². The lowest BCUT2D eigenvalue weighted by molar-refractivity contribution is 0.344. The summed E-state index contributed by atoms with van der Waals surface area (Å²) >= 11 is 0. The fourth-order valence-corrected chi connectivity index (χ4v) is 1.76. The normalized spacial score (nSPS) is 13.3. The molecule has 0 spiro atoms. The summed E-state index contributed by atoms with van der Waals surface area (Å²) in [4.78, 5) is 0. The van der Waals surface area contributed by atoms with E-state index in [9.17, 15) is 0 Å². The molecule has 4 heteroatoms. The fourth-order valence-electron chi connectivity index (χ4n) is 1.76. The van der Waals surface area contributed by atoms with Crippen molar-refractivity contribution in [2.45, 2.75) is 45.1 Å². The second kappa shape index (κ2) is 3.10. The first kappa shape index (κ1) is 10.2. The standard InChI is InChI=1S/C9H18N4/c1-8(2,6-9(3,4)10)7-5-11-13-12-7/h5H,6,10H2,1-4H3,(H,11,12,13). The minimum atomic E-state index is -0.178. The van der Waals surface area contributed by atoms with Gasteiger partial charge in [0.2, 0.25) is 0 Å². The molecule has 1 aromatic rings. The van der Waals surface area contributed by atoms with Gasteiger partial charge in [0.15, 0.2) is 0 Å². The number of H-pyrrole nitrogens is 1. The van der Waals surface area contributed by atoms with E-state index in [1.54, 1.807) is 6.20 Å². The van der Waals surface area contributed by atoms with Crippen molar-refractivity contribution in [3.05, 3.63) is 11.9 Å². The van der Waals surface area contributed by atoms with E-state index in [0.717, 1.165) is 12.1 Å². The zero-order chi connectivity index (χ0) is 10.1. The Balaban J connectivity index is 2.78. The molecule has 0 amide bonds. The van der Waals surface area contributed by atoms with Crippen LogP contribution in [-0.4, -0.2) is 20.9 Å². The van der Waals surface area contributed by atoms with Gasteiger partial charge in [-0.2, -0.15) is 15.4 Å². The van der Waals surface area contributed by atoms with E-state index in [2.05, 4.69) is 29.3 Å². The molecule has 0 aromatic carbocycles. The first-order valence-electron chi connectivity index (χ1n) is 4.46. The van der Waals surface area contributed by atoms with Crippen molar-refractivity contribution < 1.29 is 0 Å². The van der Waals surface area contributed by atoms with Crippen LogP contribution in [0.25, 0.3) is 0 Å². The number of aromatic amines is 1. The Bertz CT molecular complexity index is 256. The summed E-state index contributed by atoms with van der Waals surface area (Å²) in [6.45, 7) is 8.29. The minimum absolute atomic E-state index is 0.0226. The molecule has 0 aliphatic heterocycles. The van der Waals surface area contributed by atoms with Gasteiger partial charge in [0.25, 0.3) is 0 Å². The van der Waals surface area contributed by atoms with Gasteiger partial charge in [-0.05, 0) is 20.3 Å². The van der Waals surface area contributed by atoms with Gasteiger partial charge < -0.3 is 5.73 Å². The lowest BCUT2D eigenvalue weighted by atomic mass is 9.78. The summed E-state index contributed by atoms with van der Waals surface area (Å²) in [6.07, 6.45) is 2.64. The Morgan fingerprint density at radius 3 is 2.38 bits per heavy atom. The van der Waals surface area contributed by atoms with Gasteiger partial charge in [0.1, 0.15) is 0 Å². The molecule has 0 radical (unpaired) electrons. The van der Waals surface area contributed by atoms with Crippen LogP contribution in [0, 0.1) is 0 Å². The maximum absolute atomic E-state index is 5.97. The van der Waals surface area contributed by atoms with E-state index in [1.165, 1.54) is 0 Å². The van der Waals surface area contributed by atoms with Crippen molar-refractivity contribution in [2.75, 3.05) is 0 Å². The van der Waals surface area contributed by atoms with E-state index < -0.39 is 0 Å². The maximum atomic E-state index is 5.97. The highest BCUT2D eigenvalue weighted by Gasteiger charge is 2.29. The van der Waals surface area contributed by atoms with Crippen molar-refractivity contribution in [3.8, 4) is 0 Å². The molecule has 3 N–H and O–H groups in total. The molecule has 4 nitrogen and oxygen atoms in total. The summed E-state index contributed by atoms with van der Waals surface area (Å²) in [5.74, 6) is 0. The lowest BCUT2D eigenvalue weighted by Crippen LogP contribution is -2.39. The van der Waals surface area contributed by atoms with Gasteiger partial charge in [-0.3, -0.25) is 0 Å². The van der Waals surface area contributed by atoms with Crippen LogP contribution in [0.4, 0.5) is 0 Å². The highest BCUT2D eigenvalue weighted by Crippen LogP contribution is 2.28. The molecule has 1 heterocycles.